The van der Waals surface area contributed by atoms with Gasteiger partial charge in [0, 0.05) is 19.9 Å². The summed E-state index contributed by atoms with van der Waals surface area (Å²) in [6, 6.07) is 2.02. The van der Waals surface area contributed by atoms with Gasteiger partial charge in [-0.25, -0.2) is 5.43 Å². The van der Waals surface area contributed by atoms with Crippen LogP contribution in [0.15, 0.2) is 12.3 Å². The highest BCUT2D eigenvalue weighted by Gasteiger charge is 2.41. The molecule has 19 heavy (non-hydrogen) atoms. The van der Waals surface area contributed by atoms with Gasteiger partial charge in [-0.05, 0) is 25.8 Å². The molecule has 1 aliphatic carbocycles. The number of hydrogen-bond acceptors (Lipinski definition) is 4. The van der Waals surface area contributed by atoms with Gasteiger partial charge in [0.15, 0.2) is 0 Å². The van der Waals surface area contributed by atoms with Crippen LogP contribution in [0.25, 0.3) is 0 Å². The first kappa shape index (κ1) is 14.5. The summed E-state index contributed by atoms with van der Waals surface area (Å²) in [5.41, 5.74) is 3.88. The maximum absolute atomic E-state index is 6.20. The minimum Gasteiger partial charge on any atom is -0.373 e. The standard InChI is InChI=1S/C14H26N4O/c1-3-19-14(9-6-4-5-7-10-14)13(17-15)12-8-11-16-18(12)2/h8,11,13,17H,3-7,9-10,15H2,1-2H3. The van der Waals surface area contributed by atoms with E-state index in [1.807, 2.05) is 24.0 Å². The molecule has 1 fully saturated rings. The van der Waals surface area contributed by atoms with Gasteiger partial charge in [-0.3, -0.25) is 10.5 Å². The van der Waals surface area contributed by atoms with Crippen molar-refractivity contribution in [3.05, 3.63) is 18.0 Å². The third-order valence-corrected chi connectivity index (χ3v) is 4.23. The number of hydrogen-bond donors (Lipinski definition) is 2. The van der Waals surface area contributed by atoms with Crippen LogP contribution in [0.4, 0.5) is 0 Å². The second kappa shape index (κ2) is 6.50. The van der Waals surface area contributed by atoms with E-state index in [1.54, 1.807) is 0 Å². The van der Waals surface area contributed by atoms with Crippen molar-refractivity contribution < 1.29 is 4.74 Å². The molecule has 2 rings (SSSR count). The fourth-order valence-electron chi connectivity index (χ4n) is 3.30. The third-order valence-electron chi connectivity index (χ3n) is 4.23. The van der Waals surface area contributed by atoms with Gasteiger partial charge in [0.2, 0.25) is 0 Å². The van der Waals surface area contributed by atoms with E-state index in [9.17, 15) is 0 Å². The van der Waals surface area contributed by atoms with Crippen molar-refractivity contribution in [3.8, 4) is 0 Å². The highest BCUT2D eigenvalue weighted by Crippen LogP contribution is 2.40. The summed E-state index contributed by atoms with van der Waals surface area (Å²) in [4.78, 5) is 0. The Morgan fingerprint density at radius 3 is 2.58 bits per heavy atom. The zero-order chi connectivity index (χ0) is 13.7. The Morgan fingerprint density at radius 2 is 2.11 bits per heavy atom. The van der Waals surface area contributed by atoms with Crippen LogP contribution >= 0.6 is 0 Å². The lowest BCUT2D eigenvalue weighted by Gasteiger charge is -2.39. The minimum atomic E-state index is -0.201. The van der Waals surface area contributed by atoms with E-state index in [1.165, 1.54) is 25.7 Å². The maximum atomic E-state index is 6.20. The molecular formula is C14H26N4O. The van der Waals surface area contributed by atoms with Gasteiger partial charge >= 0.3 is 0 Å². The van der Waals surface area contributed by atoms with E-state index >= 15 is 0 Å². The van der Waals surface area contributed by atoms with Crippen molar-refractivity contribution in [3.63, 3.8) is 0 Å². The van der Waals surface area contributed by atoms with Crippen molar-refractivity contribution in [2.45, 2.75) is 57.1 Å². The number of aryl methyl sites for hydroxylation is 1. The van der Waals surface area contributed by atoms with E-state index in [0.717, 1.165) is 25.1 Å². The molecule has 1 unspecified atom stereocenters. The van der Waals surface area contributed by atoms with Crippen LogP contribution in [0.3, 0.4) is 0 Å². The van der Waals surface area contributed by atoms with Crippen LogP contribution in [-0.4, -0.2) is 22.0 Å². The number of hydrazine groups is 1. The lowest BCUT2D eigenvalue weighted by molar-refractivity contribution is -0.0799. The van der Waals surface area contributed by atoms with Gasteiger partial charge in [0.05, 0.1) is 17.3 Å². The molecule has 1 aromatic heterocycles. The molecule has 0 amide bonds. The molecule has 3 N–H and O–H groups in total. The van der Waals surface area contributed by atoms with Crippen LogP contribution < -0.4 is 11.3 Å². The molecule has 0 aliphatic heterocycles. The Balaban J connectivity index is 2.31. The average Bonchev–Trinajstić information content (AvgIpc) is 2.68. The van der Waals surface area contributed by atoms with Gasteiger partial charge in [-0.15, -0.1) is 0 Å². The molecule has 1 heterocycles. The van der Waals surface area contributed by atoms with Crippen LogP contribution in [0, 0.1) is 0 Å². The van der Waals surface area contributed by atoms with Gasteiger partial charge in [0.25, 0.3) is 0 Å². The molecule has 1 aliphatic rings. The van der Waals surface area contributed by atoms with Crippen LogP contribution in [0.5, 0.6) is 0 Å². The van der Waals surface area contributed by atoms with E-state index in [4.69, 9.17) is 10.6 Å². The zero-order valence-electron chi connectivity index (χ0n) is 12.1. The zero-order valence-corrected chi connectivity index (χ0v) is 12.1. The highest BCUT2D eigenvalue weighted by molar-refractivity contribution is 5.13. The Morgan fingerprint density at radius 1 is 1.42 bits per heavy atom. The first-order valence-corrected chi connectivity index (χ1v) is 7.31. The molecule has 1 atom stereocenters. The first-order valence-electron chi connectivity index (χ1n) is 7.31. The number of aromatic nitrogens is 2. The molecule has 0 aromatic carbocycles. The van der Waals surface area contributed by atoms with Crippen molar-refractivity contribution in [1.29, 1.82) is 0 Å². The quantitative estimate of drug-likeness (QED) is 0.486. The molecule has 108 valence electrons. The van der Waals surface area contributed by atoms with Gasteiger partial charge in [-0.1, -0.05) is 25.7 Å². The third kappa shape index (κ3) is 2.99. The monoisotopic (exact) mass is 266 g/mol. The smallest absolute Gasteiger partial charge is 0.0918 e. The summed E-state index contributed by atoms with van der Waals surface area (Å²) in [6.45, 7) is 2.78. The lowest BCUT2D eigenvalue weighted by Crippen LogP contribution is -2.49. The number of nitrogens with one attached hydrogen (secondary N) is 1. The molecule has 0 radical (unpaired) electrons. The Hall–Kier alpha value is -0.910. The molecule has 5 nitrogen and oxygen atoms in total. The topological polar surface area (TPSA) is 65.1 Å². The fourth-order valence-corrected chi connectivity index (χ4v) is 3.30. The predicted molar refractivity (Wildman–Crippen MR) is 75.3 cm³/mol. The maximum Gasteiger partial charge on any atom is 0.0918 e. The molecule has 0 spiro atoms. The molecule has 1 saturated carbocycles. The largest absolute Gasteiger partial charge is 0.373 e. The van der Waals surface area contributed by atoms with Crippen molar-refractivity contribution in [2.75, 3.05) is 6.61 Å². The average molecular weight is 266 g/mol. The molecule has 0 saturated heterocycles. The fraction of sp³-hybridized carbons (Fsp3) is 0.786. The summed E-state index contributed by atoms with van der Waals surface area (Å²) in [6.07, 6.45) is 8.92. The SMILES string of the molecule is CCOC1(C(NN)c2ccnn2C)CCCCCC1. The van der Waals surface area contributed by atoms with E-state index in [2.05, 4.69) is 17.4 Å². The van der Waals surface area contributed by atoms with Gasteiger partial charge in [0.1, 0.15) is 0 Å². The van der Waals surface area contributed by atoms with Crippen molar-refractivity contribution in [1.82, 2.24) is 15.2 Å². The molecular weight excluding hydrogens is 240 g/mol. The van der Waals surface area contributed by atoms with Crippen LogP contribution in [0.1, 0.15) is 57.2 Å². The van der Waals surface area contributed by atoms with Crippen molar-refractivity contribution >= 4 is 0 Å². The summed E-state index contributed by atoms with van der Waals surface area (Å²) >= 11 is 0. The molecule has 0 bridgehead atoms. The summed E-state index contributed by atoms with van der Waals surface area (Å²) in [7, 11) is 1.95. The van der Waals surface area contributed by atoms with E-state index in [-0.39, 0.29) is 11.6 Å². The van der Waals surface area contributed by atoms with Crippen LogP contribution in [0.2, 0.25) is 0 Å². The highest BCUT2D eigenvalue weighted by atomic mass is 16.5. The second-order valence-corrected chi connectivity index (χ2v) is 5.39. The predicted octanol–water partition coefficient (Wildman–Crippen LogP) is 2.05. The van der Waals surface area contributed by atoms with E-state index in [0.29, 0.717) is 0 Å². The normalized spacial score (nSPS) is 21.0. The van der Waals surface area contributed by atoms with Gasteiger partial charge < -0.3 is 4.74 Å². The van der Waals surface area contributed by atoms with Gasteiger partial charge in [-0.2, -0.15) is 5.10 Å². The van der Waals surface area contributed by atoms with E-state index < -0.39 is 0 Å². The number of ether oxygens (including phenoxy) is 1. The summed E-state index contributed by atoms with van der Waals surface area (Å²) in [5.74, 6) is 5.86. The first-order chi connectivity index (χ1) is 9.23. The Bertz CT molecular complexity index is 383. The van der Waals surface area contributed by atoms with Crippen molar-refractivity contribution in [2.24, 2.45) is 12.9 Å². The summed E-state index contributed by atoms with van der Waals surface area (Å²) < 4.78 is 8.08. The molecule has 1 aromatic rings. The number of nitrogens with two attached hydrogens (primary N) is 1. The second-order valence-electron chi connectivity index (χ2n) is 5.39. The Kier molecular flexibility index (Phi) is 4.96. The minimum absolute atomic E-state index is 0.00181. The van der Waals surface area contributed by atoms with Crippen LogP contribution in [-0.2, 0) is 11.8 Å². The lowest BCUT2D eigenvalue weighted by atomic mass is 9.84. The number of nitrogens with zero attached hydrogens (tertiary/aromatic N) is 2. The summed E-state index contributed by atoms with van der Waals surface area (Å²) in [5, 5.41) is 4.26. The number of rotatable bonds is 5. The Labute approximate surface area is 115 Å². The molecule has 5 heteroatoms.